The molecule has 0 amide bonds. The summed E-state index contributed by atoms with van der Waals surface area (Å²) < 4.78 is 29.6. The SMILES string of the molecule is CCN(CC)CCCC(C)N(Cc1ccc(C(C)(C)C)cc1)S(=O)(=O)c1ccc2ccccc2c1. The third kappa shape index (κ3) is 6.93. The minimum absolute atomic E-state index is 0.0626. The van der Waals surface area contributed by atoms with Gasteiger partial charge in [0.15, 0.2) is 0 Å². The lowest BCUT2D eigenvalue weighted by Crippen LogP contribution is -2.38. The van der Waals surface area contributed by atoms with Crippen molar-refractivity contribution in [1.29, 1.82) is 0 Å². The number of hydrogen-bond acceptors (Lipinski definition) is 3. The molecule has 0 saturated carbocycles. The Balaban J connectivity index is 1.91. The monoisotopic (exact) mass is 494 g/mol. The van der Waals surface area contributed by atoms with Crippen LogP contribution in [0.25, 0.3) is 10.8 Å². The summed E-state index contributed by atoms with van der Waals surface area (Å²) in [6.07, 6.45) is 1.79. The Hall–Kier alpha value is -2.21. The zero-order valence-electron chi connectivity index (χ0n) is 22.3. The molecule has 0 bridgehead atoms. The Morgan fingerprint density at radius 1 is 0.857 bits per heavy atom. The lowest BCUT2D eigenvalue weighted by atomic mass is 9.87. The molecule has 0 aliphatic heterocycles. The second kappa shape index (κ2) is 11.7. The molecule has 190 valence electrons. The summed E-state index contributed by atoms with van der Waals surface area (Å²) >= 11 is 0. The van der Waals surface area contributed by atoms with Gasteiger partial charge >= 0.3 is 0 Å². The second-order valence-corrected chi connectivity index (χ2v) is 12.4. The van der Waals surface area contributed by atoms with E-state index in [9.17, 15) is 8.42 Å². The van der Waals surface area contributed by atoms with Crippen molar-refractivity contribution in [3.63, 3.8) is 0 Å². The summed E-state index contributed by atoms with van der Waals surface area (Å²) in [6, 6.07) is 21.7. The van der Waals surface area contributed by atoms with Gasteiger partial charge in [0.1, 0.15) is 0 Å². The van der Waals surface area contributed by atoms with Crippen LogP contribution >= 0.6 is 0 Å². The van der Waals surface area contributed by atoms with Crippen molar-refractivity contribution in [2.24, 2.45) is 0 Å². The predicted octanol–water partition coefficient (Wildman–Crippen LogP) is 6.84. The summed E-state index contributed by atoms with van der Waals surface area (Å²) in [5.74, 6) is 0. The topological polar surface area (TPSA) is 40.6 Å². The largest absolute Gasteiger partial charge is 0.304 e. The summed E-state index contributed by atoms with van der Waals surface area (Å²) in [5.41, 5.74) is 2.32. The van der Waals surface area contributed by atoms with Gasteiger partial charge in [-0.3, -0.25) is 0 Å². The average molecular weight is 495 g/mol. The van der Waals surface area contributed by atoms with Gasteiger partial charge < -0.3 is 4.90 Å². The highest BCUT2D eigenvalue weighted by molar-refractivity contribution is 7.89. The Morgan fingerprint density at radius 2 is 1.49 bits per heavy atom. The van der Waals surface area contributed by atoms with Crippen LogP contribution in [0, 0.1) is 0 Å². The summed E-state index contributed by atoms with van der Waals surface area (Å²) in [5, 5.41) is 1.99. The molecule has 0 fully saturated rings. The number of rotatable bonds is 11. The van der Waals surface area contributed by atoms with Crippen molar-refractivity contribution in [3.8, 4) is 0 Å². The van der Waals surface area contributed by atoms with E-state index < -0.39 is 10.0 Å². The fourth-order valence-corrected chi connectivity index (χ4v) is 6.21. The first-order chi connectivity index (χ1) is 16.6. The van der Waals surface area contributed by atoms with Crippen LogP contribution in [0.15, 0.2) is 71.6 Å². The Kier molecular flexibility index (Phi) is 9.14. The molecule has 3 aromatic rings. The van der Waals surface area contributed by atoms with Crippen molar-refractivity contribution < 1.29 is 8.42 Å². The van der Waals surface area contributed by atoms with Crippen LogP contribution in [-0.2, 0) is 22.0 Å². The highest BCUT2D eigenvalue weighted by atomic mass is 32.2. The molecular weight excluding hydrogens is 452 g/mol. The molecule has 3 rings (SSSR count). The zero-order chi connectivity index (χ0) is 25.6. The van der Waals surface area contributed by atoms with E-state index in [4.69, 9.17) is 0 Å². The zero-order valence-corrected chi connectivity index (χ0v) is 23.1. The average Bonchev–Trinajstić information content (AvgIpc) is 2.84. The molecule has 0 aromatic heterocycles. The van der Waals surface area contributed by atoms with Gasteiger partial charge in [-0.05, 0) is 78.8 Å². The Labute approximate surface area is 213 Å². The van der Waals surface area contributed by atoms with Crippen LogP contribution in [0.5, 0.6) is 0 Å². The maximum Gasteiger partial charge on any atom is 0.243 e. The normalized spacial score (nSPS) is 13.6. The molecule has 0 N–H and O–H groups in total. The first-order valence-corrected chi connectivity index (χ1v) is 14.3. The summed E-state index contributed by atoms with van der Waals surface area (Å²) in [4.78, 5) is 2.75. The lowest BCUT2D eigenvalue weighted by Gasteiger charge is -2.30. The smallest absolute Gasteiger partial charge is 0.243 e. The summed E-state index contributed by atoms with van der Waals surface area (Å²) in [7, 11) is -3.67. The van der Waals surface area contributed by atoms with Crippen LogP contribution in [-0.4, -0.2) is 43.3 Å². The Bertz CT molecular complexity index is 1190. The van der Waals surface area contributed by atoms with E-state index in [-0.39, 0.29) is 11.5 Å². The molecule has 0 heterocycles. The minimum atomic E-state index is -3.67. The number of sulfonamides is 1. The van der Waals surface area contributed by atoms with E-state index in [0.717, 1.165) is 48.8 Å². The van der Waals surface area contributed by atoms with Crippen LogP contribution in [0.2, 0.25) is 0 Å². The number of hydrogen-bond donors (Lipinski definition) is 0. The molecule has 0 radical (unpaired) electrons. The van der Waals surface area contributed by atoms with Crippen LogP contribution in [0.1, 0.15) is 65.5 Å². The first kappa shape index (κ1) is 27.4. The molecule has 1 unspecified atom stereocenters. The van der Waals surface area contributed by atoms with Crippen molar-refractivity contribution in [2.75, 3.05) is 19.6 Å². The molecule has 1 atom stereocenters. The van der Waals surface area contributed by atoms with Crippen LogP contribution in [0.3, 0.4) is 0 Å². The highest BCUT2D eigenvalue weighted by Gasteiger charge is 2.29. The van der Waals surface area contributed by atoms with Crippen LogP contribution < -0.4 is 0 Å². The van der Waals surface area contributed by atoms with Gasteiger partial charge in [-0.25, -0.2) is 8.42 Å². The quantitative estimate of drug-likeness (QED) is 0.293. The Morgan fingerprint density at radius 3 is 2.09 bits per heavy atom. The third-order valence-electron chi connectivity index (χ3n) is 6.97. The van der Waals surface area contributed by atoms with Gasteiger partial charge in [0.05, 0.1) is 4.90 Å². The highest BCUT2D eigenvalue weighted by Crippen LogP contribution is 2.27. The molecule has 5 heteroatoms. The van der Waals surface area contributed by atoms with Gasteiger partial charge in [-0.1, -0.05) is 89.2 Å². The minimum Gasteiger partial charge on any atom is -0.304 e. The molecule has 0 aliphatic carbocycles. The molecular formula is C30H42N2O2S. The molecule has 3 aromatic carbocycles. The van der Waals surface area contributed by atoms with E-state index in [1.165, 1.54) is 5.56 Å². The van der Waals surface area contributed by atoms with Crippen molar-refractivity contribution in [2.45, 2.75) is 77.3 Å². The van der Waals surface area contributed by atoms with Crippen molar-refractivity contribution in [1.82, 2.24) is 9.21 Å². The summed E-state index contributed by atoms with van der Waals surface area (Å²) in [6.45, 7) is 16.4. The fraction of sp³-hybridized carbons (Fsp3) is 0.467. The number of benzene rings is 3. The number of nitrogens with zero attached hydrogens (tertiary/aromatic N) is 2. The lowest BCUT2D eigenvalue weighted by molar-refractivity contribution is 0.265. The fourth-order valence-electron chi connectivity index (χ4n) is 4.53. The van der Waals surface area contributed by atoms with E-state index in [2.05, 4.69) is 63.8 Å². The van der Waals surface area contributed by atoms with Crippen molar-refractivity contribution >= 4 is 20.8 Å². The first-order valence-electron chi connectivity index (χ1n) is 12.9. The molecule has 35 heavy (non-hydrogen) atoms. The molecule has 4 nitrogen and oxygen atoms in total. The molecule has 0 saturated heterocycles. The van der Waals surface area contributed by atoms with Gasteiger partial charge in [-0.2, -0.15) is 4.31 Å². The van der Waals surface area contributed by atoms with Gasteiger partial charge in [-0.15, -0.1) is 0 Å². The second-order valence-electron chi connectivity index (χ2n) is 10.5. The molecule has 0 spiro atoms. The van der Waals surface area contributed by atoms with E-state index in [1.807, 2.05) is 43.3 Å². The van der Waals surface area contributed by atoms with Crippen molar-refractivity contribution in [3.05, 3.63) is 77.9 Å². The van der Waals surface area contributed by atoms with E-state index >= 15 is 0 Å². The standard InChI is InChI=1S/C30H42N2O2S/c1-7-31(8-2)21-11-12-24(3)32(23-25-15-18-28(19-16-25)30(4,5)6)35(33,34)29-20-17-26-13-9-10-14-27(26)22-29/h9-10,13-20,22,24H,7-8,11-12,21,23H2,1-6H3. The van der Waals surface area contributed by atoms with Gasteiger partial charge in [0, 0.05) is 12.6 Å². The van der Waals surface area contributed by atoms with E-state index in [1.54, 1.807) is 10.4 Å². The predicted molar refractivity (Wildman–Crippen MR) is 148 cm³/mol. The van der Waals surface area contributed by atoms with Crippen LogP contribution in [0.4, 0.5) is 0 Å². The van der Waals surface area contributed by atoms with E-state index in [0.29, 0.717) is 11.4 Å². The number of fused-ring (bicyclic) bond motifs is 1. The maximum absolute atomic E-state index is 14.0. The third-order valence-corrected chi connectivity index (χ3v) is 8.92. The molecule has 0 aliphatic rings. The maximum atomic E-state index is 14.0. The van der Waals surface area contributed by atoms with Gasteiger partial charge in [0.2, 0.25) is 10.0 Å². The van der Waals surface area contributed by atoms with Gasteiger partial charge in [0.25, 0.3) is 0 Å².